The zero-order valence-electron chi connectivity index (χ0n) is 35.8. The van der Waals surface area contributed by atoms with Crippen molar-refractivity contribution in [1.82, 2.24) is 5.32 Å². The molecule has 3 aliphatic carbocycles. The van der Waals surface area contributed by atoms with E-state index in [4.69, 9.17) is 28.4 Å². The normalized spacial score (nSPS) is 32.5. The number of hydrogen-bond acceptors (Lipinski definition) is 15. The highest BCUT2D eigenvalue weighted by Gasteiger charge is 2.78. The zero-order chi connectivity index (χ0) is 45.0. The Hall–Kier alpha value is -5.16. The highest BCUT2D eigenvalue weighted by atomic mass is 16.6. The van der Waals surface area contributed by atoms with Gasteiger partial charge in [0.1, 0.15) is 35.6 Å². The molecule has 2 aromatic carbocycles. The first-order chi connectivity index (χ1) is 28.4. The van der Waals surface area contributed by atoms with Crippen LogP contribution < -0.4 is 5.32 Å². The van der Waals surface area contributed by atoms with Crippen LogP contribution in [-0.2, 0) is 47.6 Å². The molecule has 3 fully saturated rings. The van der Waals surface area contributed by atoms with Crippen LogP contribution in [0, 0.1) is 16.7 Å². The number of aliphatic hydroxyl groups excluding tert-OH is 2. The molecule has 1 aliphatic heterocycles. The lowest BCUT2D eigenvalue weighted by atomic mass is 9.44. The van der Waals surface area contributed by atoms with Crippen LogP contribution in [0.1, 0.15) is 97.2 Å². The van der Waals surface area contributed by atoms with Gasteiger partial charge in [-0.15, -0.1) is 0 Å². The number of carbonyl (C=O) groups is 6. The van der Waals surface area contributed by atoms with Crippen LogP contribution in [0.2, 0.25) is 0 Å². The van der Waals surface area contributed by atoms with Gasteiger partial charge in [-0.25, -0.2) is 14.4 Å². The lowest BCUT2D eigenvalue weighted by Crippen LogP contribution is -2.82. The second-order valence-corrected chi connectivity index (χ2v) is 18.2. The molecule has 16 heteroatoms. The molecule has 2 aromatic rings. The van der Waals surface area contributed by atoms with Gasteiger partial charge in [0.2, 0.25) is 0 Å². The molecule has 0 aromatic heterocycles. The summed E-state index contributed by atoms with van der Waals surface area (Å²) < 4.78 is 35.7. The smallest absolute Gasteiger partial charge is 0.408 e. The Balaban J connectivity index is 1.57. The summed E-state index contributed by atoms with van der Waals surface area (Å²) in [5.74, 6) is -6.23. The quantitative estimate of drug-likeness (QED) is 0.160. The minimum atomic E-state index is -2.40. The minimum absolute atomic E-state index is 0.0133. The van der Waals surface area contributed by atoms with Gasteiger partial charge in [0.15, 0.2) is 23.5 Å². The van der Waals surface area contributed by atoms with Crippen molar-refractivity contribution in [3.8, 4) is 0 Å². The fraction of sp³-hybridized carbons (Fsp3) is 0.556. The third-order valence-electron chi connectivity index (χ3n) is 12.8. The average molecular weight is 850 g/mol. The Morgan fingerprint density at radius 1 is 0.902 bits per heavy atom. The second-order valence-electron chi connectivity index (χ2n) is 18.2. The van der Waals surface area contributed by atoms with Gasteiger partial charge in [0.05, 0.1) is 29.6 Å². The van der Waals surface area contributed by atoms with Crippen molar-refractivity contribution in [2.24, 2.45) is 16.7 Å². The molecular formula is C45H55NO15. The standard InChI is InChI=1S/C45H55NO15/c1-23-28(58-39(53)32(46-40(54)61-41(4,5)6)33(50)26-16-12-10-13-17-26)21-45(55)37(59-38(52)27-18-14-11-15-19-27)35-43(9,29(49)20-30-44(35,22-56-30)60-25(3)48)36(51)34(57-24(2)47)31(23)42(45,7)8/h10-19,28-30,32-35,37,49-50,55H,20-22H2,1-9H3,(H,46,54)/t28-,29-,30+,32-,33+,34+,35-,37-,43+,44-,45+/m0/s1. The number of ether oxygens (including phenoxy) is 6. The molecule has 11 atom stereocenters. The predicted octanol–water partition coefficient (Wildman–Crippen LogP) is 3.83. The summed E-state index contributed by atoms with van der Waals surface area (Å²) in [6.07, 6.45) is -11.3. The highest BCUT2D eigenvalue weighted by molar-refractivity contribution is 5.95. The second kappa shape index (κ2) is 16.3. The number of carbonyl (C=O) groups excluding carboxylic acids is 6. The Labute approximate surface area is 353 Å². The first-order valence-corrected chi connectivity index (χ1v) is 20.2. The maximum absolute atomic E-state index is 15.5. The number of benzene rings is 2. The van der Waals surface area contributed by atoms with Gasteiger partial charge in [0, 0.05) is 32.1 Å². The fourth-order valence-corrected chi connectivity index (χ4v) is 9.77. The van der Waals surface area contributed by atoms with Crippen LogP contribution in [0.3, 0.4) is 0 Å². The van der Waals surface area contributed by atoms with E-state index < -0.39 is 118 Å². The molecule has 0 spiro atoms. The van der Waals surface area contributed by atoms with E-state index in [9.17, 15) is 39.3 Å². The molecule has 1 amide bonds. The Bertz CT molecular complexity index is 2100. The van der Waals surface area contributed by atoms with Crippen LogP contribution in [0.15, 0.2) is 71.8 Å². The Kier molecular flexibility index (Phi) is 12.1. The van der Waals surface area contributed by atoms with Crippen molar-refractivity contribution in [3.63, 3.8) is 0 Å². The molecule has 0 unspecified atom stereocenters. The third-order valence-corrected chi connectivity index (χ3v) is 12.8. The molecule has 0 radical (unpaired) electrons. The van der Waals surface area contributed by atoms with E-state index >= 15 is 4.79 Å². The van der Waals surface area contributed by atoms with Gasteiger partial charge >= 0.3 is 30.0 Å². The number of fused-ring (bicyclic) bond motifs is 5. The Morgan fingerprint density at radius 3 is 2.05 bits per heavy atom. The first-order valence-electron chi connectivity index (χ1n) is 20.2. The van der Waals surface area contributed by atoms with Crippen molar-refractivity contribution in [2.45, 2.75) is 135 Å². The molecule has 1 heterocycles. The predicted molar refractivity (Wildman–Crippen MR) is 213 cm³/mol. The van der Waals surface area contributed by atoms with Crippen molar-refractivity contribution in [2.75, 3.05) is 6.61 Å². The lowest BCUT2D eigenvalue weighted by Gasteiger charge is -2.67. The van der Waals surface area contributed by atoms with Gasteiger partial charge in [0.25, 0.3) is 0 Å². The van der Waals surface area contributed by atoms with Crippen LogP contribution in [0.4, 0.5) is 4.79 Å². The van der Waals surface area contributed by atoms with E-state index in [0.29, 0.717) is 0 Å². The number of rotatable bonds is 9. The van der Waals surface area contributed by atoms with E-state index in [1.54, 1.807) is 71.0 Å². The van der Waals surface area contributed by atoms with E-state index in [1.165, 1.54) is 38.1 Å². The molecule has 4 aliphatic rings. The number of esters is 4. The molecule has 330 valence electrons. The largest absolute Gasteiger partial charge is 0.456 e. The number of nitrogens with one attached hydrogen (secondary N) is 1. The molecule has 1 saturated heterocycles. The fourth-order valence-electron chi connectivity index (χ4n) is 9.77. The summed E-state index contributed by atoms with van der Waals surface area (Å²) in [7, 11) is 0. The van der Waals surface area contributed by atoms with Gasteiger partial charge in [-0.2, -0.15) is 0 Å². The van der Waals surface area contributed by atoms with E-state index in [-0.39, 0.29) is 35.3 Å². The number of Topliss-reactive ketones (excluding diaryl/α,β-unsaturated/α-hetero) is 1. The van der Waals surface area contributed by atoms with Crippen LogP contribution in [0.25, 0.3) is 0 Å². The number of aliphatic hydroxyl groups is 3. The maximum Gasteiger partial charge on any atom is 0.408 e. The third kappa shape index (κ3) is 7.94. The van der Waals surface area contributed by atoms with Crippen LogP contribution >= 0.6 is 0 Å². The number of alkyl carbamates (subject to hydrolysis) is 1. The van der Waals surface area contributed by atoms with Crippen molar-refractivity contribution >= 4 is 35.8 Å². The van der Waals surface area contributed by atoms with Gasteiger partial charge in [-0.1, -0.05) is 62.4 Å². The molecular weight excluding hydrogens is 794 g/mol. The van der Waals surface area contributed by atoms with Crippen molar-refractivity contribution in [3.05, 3.63) is 82.9 Å². The zero-order valence-corrected chi connectivity index (χ0v) is 35.8. The highest BCUT2D eigenvalue weighted by Crippen LogP contribution is 2.64. The molecule has 2 bridgehead atoms. The van der Waals surface area contributed by atoms with E-state index in [2.05, 4.69) is 5.32 Å². The van der Waals surface area contributed by atoms with Crippen LogP contribution in [0.5, 0.6) is 0 Å². The van der Waals surface area contributed by atoms with Gasteiger partial charge in [-0.05, 0) is 63.5 Å². The number of hydrogen-bond donors (Lipinski definition) is 4. The summed E-state index contributed by atoms with van der Waals surface area (Å²) in [4.78, 5) is 83.3. The topological polar surface area (TPSA) is 231 Å². The van der Waals surface area contributed by atoms with Crippen LogP contribution in [-0.4, -0.2) is 111 Å². The molecule has 4 N–H and O–H groups in total. The summed E-state index contributed by atoms with van der Waals surface area (Å²) in [6.45, 7) is 12.8. The van der Waals surface area contributed by atoms with Crippen molar-refractivity contribution in [1.29, 1.82) is 0 Å². The van der Waals surface area contributed by atoms with Crippen molar-refractivity contribution < 1.29 is 72.5 Å². The summed E-state index contributed by atoms with van der Waals surface area (Å²) >= 11 is 0. The summed E-state index contributed by atoms with van der Waals surface area (Å²) in [6, 6.07) is 14.0. The summed E-state index contributed by atoms with van der Waals surface area (Å²) in [5.41, 5.74) is -8.47. The Morgan fingerprint density at radius 2 is 1.51 bits per heavy atom. The molecule has 16 nitrogen and oxygen atoms in total. The monoisotopic (exact) mass is 849 g/mol. The van der Waals surface area contributed by atoms with Gasteiger partial charge in [-0.3, -0.25) is 14.4 Å². The molecule has 61 heavy (non-hydrogen) atoms. The van der Waals surface area contributed by atoms with E-state index in [1.807, 2.05) is 0 Å². The minimum Gasteiger partial charge on any atom is -0.456 e. The molecule has 2 saturated carbocycles. The number of ketones is 1. The van der Waals surface area contributed by atoms with E-state index in [0.717, 1.165) is 13.8 Å². The maximum atomic E-state index is 15.5. The molecule has 6 rings (SSSR count). The average Bonchev–Trinajstić information content (AvgIpc) is 3.17. The lowest BCUT2D eigenvalue weighted by molar-refractivity contribution is -0.346. The summed E-state index contributed by atoms with van der Waals surface area (Å²) in [5, 5.41) is 39.7. The first kappa shape index (κ1) is 45.4. The van der Waals surface area contributed by atoms with Gasteiger partial charge < -0.3 is 49.1 Å². The SMILES string of the molecule is CC(=O)O[C@H]1C(=O)[C@@]2(C)[C@H]([C@H](OC(=O)c3ccccc3)[C@]3(O)C[C@H](OC(=O)[C@@H](NC(=O)OC(C)(C)C)[C@H](O)c4ccccc4)C(C)=C1C3(C)C)[C@]1(OC(C)=O)CO[C@@H]1C[C@@H]2O. The number of amides is 1.